The van der Waals surface area contributed by atoms with Gasteiger partial charge in [0.05, 0.1) is 5.56 Å². The van der Waals surface area contributed by atoms with Crippen molar-refractivity contribution in [3.63, 3.8) is 0 Å². The second-order valence-corrected chi connectivity index (χ2v) is 2.78. The van der Waals surface area contributed by atoms with Crippen molar-refractivity contribution in [2.45, 2.75) is 0 Å². The van der Waals surface area contributed by atoms with Gasteiger partial charge in [-0.1, -0.05) is 11.6 Å². The van der Waals surface area contributed by atoms with Crippen molar-refractivity contribution < 1.29 is 18.7 Å². The van der Waals surface area contributed by atoms with E-state index in [0.29, 0.717) is 6.29 Å². The van der Waals surface area contributed by atoms with Crippen molar-refractivity contribution in [2.75, 3.05) is 0 Å². The molecule has 0 saturated carbocycles. The largest absolute Gasteiger partial charge is 0.410 e. The third kappa shape index (κ3) is 2.20. The Hall–Kier alpha value is -1.62. The number of aldehydes is 1. The third-order valence-electron chi connectivity index (χ3n) is 1.37. The average molecular weight is 218 g/mol. The first-order valence-corrected chi connectivity index (χ1v) is 3.84. The molecule has 1 aromatic rings. The fourth-order valence-corrected chi connectivity index (χ4v) is 1.09. The van der Waals surface area contributed by atoms with Crippen LogP contribution in [0.3, 0.4) is 0 Å². The number of benzene rings is 1. The van der Waals surface area contributed by atoms with Crippen LogP contribution in [0.25, 0.3) is 0 Å². The van der Waals surface area contributed by atoms with Gasteiger partial charge in [-0.15, -0.1) is 0 Å². The summed E-state index contributed by atoms with van der Waals surface area (Å²) in [4.78, 5) is 20.8. The number of halogens is 2. The van der Waals surface area contributed by atoms with E-state index < -0.39 is 17.7 Å². The van der Waals surface area contributed by atoms with Crippen LogP contribution in [-0.2, 0) is 0 Å². The van der Waals surface area contributed by atoms with E-state index in [4.69, 9.17) is 11.6 Å². The van der Waals surface area contributed by atoms with Crippen LogP contribution in [0, 0.1) is 5.82 Å². The summed E-state index contributed by atoms with van der Waals surface area (Å²) in [6.07, 6.45) is -0.887. The molecule has 0 radical (unpaired) electrons. The molecule has 0 heterocycles. The van der Waals surface area contributed by atoms with Crippen molar-refractivity contribution >= 4 is 24.0 Å². The van der Waals surface area contributed by atoms with Crippen molar-refractivity contribution in [1.29, 1.82) is 0 Å². The molecule has 0 aliphatic carbocycles. The molecule has 0 saturated heterocycles. The van der Waals surface area contributed by atoms with Crippen LogP contribution in [0.1, 0.15) is 10.4 Å². The SMILES string of the molecule is NC(=O)Oc1c(F)cc(Cl)cc1C=O. The standard InChI is InChI=1S/C8H5ClFNO3/c9-5-1-4(3-12)7(6(10)2-5)14-8(11)13/h1-3H,(H2,11,13). The van der Waals surface area contributed by atoms with Gasteiger partial charge in [-0.25, -0.2) is 9.18 Å². The summed E-state index contributed by atoms with van der Waals surface area (Å²) in [5.41, 5.74) is 4.51. The van der Waals surface area contributed by atoms with E-state index in [1.807, 2.05) is 0 Å². The molecular formula is C8H5ClFNO3. The number of nitrogens with two attached hydrogens (primary N) is 1. The molecule has 4 nitrogen and oxygen atoms in total. The maximum Gasteiger partial charge on any atom is 0.410 e. The third-order valence-corrected chi connectivity index (χ3v) is 1.58. The van der Waals surface area contributed by atoms with Gasteiger partial charge < -0.3 is 10.5 Å². The Morgan fingerprint density at radius 2 is 2.21 bits per heavy atom. The zero-order valence-electron chi connectivity index (χ0n) is 6.79. The van der Waals surface area contributed by atoms with Crippen LogP contribution in [-0.4, -0.2) is 12.4 Å². The summed E-state index contributed by atoms with van der Waals surface area (Å²) in [6.45, 7) is 0. The molecule has 0 aliphatic rings. The van der Waals surface area contributed by atoms with Gasteiger partial charge in [0, 0.05) is 5.02 Å². The zero-order valence-corrected chi connectivity index (χ0v) is 7.55. The van der Waals surface area contributed by atoms with E-state index >= 15 is 0 Å². The summed E-state index contributed by atoms with van der Waals surface area (Å²) in [6, 6.07) is 2.07. The van der Waals surface area contributed by atoms with E-state index in [1.54, 1.807) is 0 Å². The topological polar surface area (TPSA) is 69.4 Å². The summed E-state index contributed by atoms with van der Waals surface area (Å²) in [5.74, 6) is -1.43. The number of rotatable bonds is 2. The normalized spacial score (nSPS) is 9.57. The van der Waals surface area contributed by atoms with E-state index in [9.17, 15) is 14.0 Å². The molecule has 0 fully saturated rings. The first kappa shape index (κ1) is 10.5. The van der Waals surface area contributed by atoms with Gasteiger partial charge in [0.1, 0.15) is 0 Å². The van der Waals surface area contributed by atoms with Crippen LogP contribution in [0.2, 0.25) is 5.02 Å². The van der Waals surface area contributed by atoms with Crippen molar-refractivity contribution in [1.82, 2.24) is 0 Å². The van der Waals surface area contributed by atoms with E-state index in [1.165, 1.54) is 0 Å². The van der Waals surface area contributed by atoms with Crippen LogP contribution < -0.4 is 10.5 Å². The van der Waals surface area contributed by atoms with Crippen molar-refractivity contribution in [3.05, 3.63) is 28.5 Å². The minimum absolute atomic E-state index is 0.0291. The molecule has 1 amide bonds. The Morgan fingerprint density at radius 3 is 2.71 bits per heavy atom. The van der Waals surface area contributed by atoms with Crippen LogP contribution >= 0.6 is 11.6 Å². The van der Waals surface area contributed by atoms with Gasteiger partial charge in [-0.05, 0) is 12.1 Å². The molecular weight excluding hydrogens is 213 g/mol. The highest BCUT2D eigenvalue weighted by Gasteiger charge is 2.13. The lowest BCUT2D eigenvalue weighted by Gasteiger charge is -2.05. The number of primary amides is 1. The van der Waals surface area contributed by atoms with Gasteiger partial charge in [0.25, 0.3) is 0 Å². The monoisotopic (exact) mass is 217 g/mol. The summed E-state index contributed by atoms with van der Waals surface area (Å²) in [5, 5.41) is 0.0291. The molecule has 0 aliphatic heterocycles. The Labute approximate surface area is 83.4 Å². The van der Waals surface area contributed by atoms with Crippen LogP contribution in [0.15, 0.2) is 12.1 Å². The van der Waals surface area contributed by atoms with Gasteiger partial charge in [0.2, 0.25) is 0 Å². The lowest BCUT2D eigenvalue weighted by Crippen LogP contribution is -2.18. The predicted octanol–water partition coefficient (Wildman–Crippen LogP) is 1.75. The number of carbonyl (C=O) groups excluding carboxylic acids is 2. The van der Waals surface area contributed by atoms with E-state index in [2.05, 4.69) is 10.5 Å². The number of carbonyl (C=O) groups is 2. The second-order valence-electron chi connectivity index (χ2n) is 2.34. The molecule has 1 rings (SSSR count). The molecule has 2 N–H and O–H groups in total. The molecule has 6 heteroatoms. The molecule has 14 heavy (non-hydrogen) atoms. The zero-order chi connectivity index (χ0) is 10.7. The number of amides is 1. The van der Waals surface area contributed by atoms with Crippen LogP contribution in [0.4, 0.5) is 9.18 Å². The minimum atomic E-state index is -1.20. The number of hydrogen-bond acceptors (Lipinski definition) is 3. The average Bonchev–Trinajstić information content (AvgIpc) is 2.08. The molecule has 0 bridgehead atoms. The number of hydrogen-bond donors (Lipinski definition) is 1. The summed E-state index contributed by atoms with van der Waals surface area (Å²) >= 11 is 5.47. The molecule has 74 valence electrons. The van der Waals surface area contributed by atoms with Crippen molar-refractivity contribution in [2.24, 2.45) is 5.73 Å². The molecule has 0 atom stereocenters. The maximum atomic E-state index is 13.1. The van der Waals surface area contributed by atoms with E-state index in [-0.39, 0.29) is 10.6 Å². The Kier molecular flexibility index (Phi) is 3.03. The summed E-state index contributed by atoms with van der Waals surface area (Å²) < 4.78 is 17.4. The first-order valence-electron chi connectivity index (χ1n) is 3.46. The molecule has 0 aromatic heterocycles. The van der Waals surface area contributed by atoms with E-state index in [0.717, 1.165) is 12.1 Å². The highest BCUT2D eigenvalue weighted by molar-refractivity contribution is 6.30. The molecule has 0 unspecified atom stereocenters. The fraction of sp³-hybridized carbons (Fsp3) is 0. The smallest absolute Gasteiger partial charge is 0.407 e. The Morgan fingerprint density at radius 1 is 1.57 bits per heavy atom. The molecule has 0 spiro atoms. The minimum Gasteiger partial charge on any atom is -0.407 e. The predicted molar refractivity (Wildman–Crippen MR) is 47.0 cm³/mol. The lowest BCUT2D eigenvalue weighted by atomic mass is 10.2. The van der Waals surface area contributed by atoms with Gasteiger partial charge in [-0.3, -0.25) is 4.79 Å². The highest BCUT2D eigenvalue weighted by atomic mass is 35.5. The van der Waals surface area contributed by atoms with Gasteiger partial charge >= 0.3 is 6.09 Å². The quantitative estimate of drug-likeness (QED) is 0.768. The first-order chi connectivity index (χ1) is 6.54. The maximum absolute atomic E-state index is 13.1. The Bertz CT molecular complexity index is 394. The van der Waals surface area contributed by atoms with Crippen LogP contribution in [0.5, 0.6) is 5.75 Å². The molecule has 1 aromatic carbocycles. The lowest BCUT2D eigenvalue weighted by molar-refractivity contribution is 0.112. The highest BCUT2D eigenvalue weighted by Crippen LogP contribution is 2.25. The fourth-order valence-electron chi connectivity index (χ4n) is 0.876. The Balaban J connectivity index is 3.24. The summed E-state index contributed by atoms with van der Waals surface area (Å²) in [7, 11) is 0. The second kappa shape index (κ2) is 4.06. The van der Waals surface area contributed by atoms with Crippen molar-refractivity contribution in [3.8, 4) is 5.75 Å². The van der Waals surface area contributed by atoms with Gasteiger partial charge in [0.15, 0.2) is 17.9 Å². The number of ether oxygens (including phenoxy) is 1. The van der Waals surface area contributed by atoms with Gasteiger partial charge in [-0.2, -0.15) is 0 Å².